The zero-order valence-electron chi connectivity index (χ0n) is 14.0. The summed E-state index contributed by atoms with van der Waals surface area (Å²) in [5, 5.41) is 3.91. The molecule has 0 unspecified atom stereocenters. The van der Waals surface area contributed by atoms with Gasteiger partial charge >= 0.3 is 5.97 Å². The van der Waals surface area contributed by atoms with Gasteiger partial charge in [0.1, 0.15) is 0 Å². The second kappa shape index (κ2) is 7.61. The summed E-state index contributed by atoms with van der Waals surface area (Å²) in [7, 11) is 0. The number of ether oxygens (including phenoxy) is 1. The summed E-state index contributed by atoms with van der Waals surface area (Å²) in [6, 6.07) is 13.5. The summed E-state index contributed by atoms with van der Waals surface area (Å²) >= 11 is 3.40. The lowest BCUT2D eigenvalue weighted by Crippen LogP contribution is -2.08. The monoisotopic (exact) mass is 400 g/mol. The van der Waals surface area contributed by atoms with Crippen LogP contribution in [-0.4, -0.2) is 16.1 Å². The molecular formula is C19H17BrN2O3. The number of benzene rings is 2. The van der Waals surface area contributed by atoms with E-state index in [2.05, 4.69) is 26.1 Å². The number of nitrogens with zero attached hydrogens (tertiary/aromatic N) is 2. The Hall–Kier alpha value is -2.47. The molecule has 0 fully saturated rings. The molecule has 5 nitrogen and oxygen atoms in total. The van der Waals surface area contributed by atoms with Gasteiger partial charge in [-0.1, -0.05) is 51.4 Å². The smallest absolute Gasteiger partial charge is 0.310 e. The third-order valence-corrected chi connectivity index (χ3v) is 4.32. The molecule has 0 bridgehead atoms. The maximum Gasteiger partial charge on any atom is 0.310 e. The fourth-order valence-electron chi connectivity index (χ4n) is 2.33. The van der Waals surface area contributed by atoms with Crippen LogP contribution >= 0.6 is 15.9 Å². The molecule has 0 radical (unpaired) electrons. The molecule has 25 heavy (non-hydrogen) atoms. The number of rotatable bonds is 5. The summed E-state index contributed by atoms with van der Waals surface area (Å²) in [6.45, 7) is 4.02. The van der Waals surface area contributed by atoms with Crippen molar-refractivity contribution in [1.29, 1.82) is 0 Å². The van der Waals surface area contributed by atoms with Crippen molar-refractivity contribution in [3.05, 3.63) is 69.5 Å². The minimum atomic E-state index is -0.328. The number of halogens is 1. The van der Waals surface area contributed by atoms with Crippen LogP contribution in [0.2, 0.25) is 0 Å². The highest BCUT2D eigenvalue weighted by Gasteiger charge is 2.12. The van der Waals surface area contributed by atoms with Crippen LogP contribution in [0, 0.1) is 13.8 Å². The Balaban J connectivity index is 1.58. The molecule has 0 spiro atoms. The van der Waals surface area contributed by atoms with Crippen molar-refractivity contribution in [3.8, 4) is 11.4 Å². The number of hydrogen-bond donors (Lipinski definition) is 0. The van der Waals surface area contributed by atoms with Crippen LogP contribution in [0.5, 0.6) is 0 Å². The van der Waals surface area contributed by atoms with Crippen molar-refractivity contribution in [2.45, 2.75) is 26.9 Å². The molecule has 3 aromatic rings. The normalized spacial score (nSPS) is 10.7. The van der Waals surface area contributed by atoms with Crippen LogP contribution in [0.4, 0.5) is 0 Å². The molecule has 128 valence electrons. The predicted molar refractivity (Wildman–Crippen MR) is 96.9 cm³/mol. The molecule has 0 aliphatic carbocycles. The second-order valence-corrected chi connectivity index (χ2v) is 6.69. The van der Waals surface area contributed by atoms with Crippen LogP contribution in [0.25, 0.3) is 11.4 Å². The van der Waals surface area contributed by atoms with Crippen molar-refractivity contribution in [2.24, 2.45) is 0 Å². The molecule has 0 amide bonds. The van der Waals surface area contributed by atoms with E-state index in [1.54, 1.807) is 0 Å². The average Bonchev–Trinajstić information content (AvgIpc) is 3.05. The highest BCUT2D eigenvalue weighted by Crippen LogP contribution is 2.20. The summed E-state index contributed by atoms with van der Waals surface area (Å²) in [5.74, 6) is 0.398. The van der Waals surface area contributed by atoms with Crippen LogP contribution in [0.3, 0.4) is 0 Å². The van der Waals surface area contributed by atoms with Gasteiger partial charge in [0.25, 0.3) is 5.89 Å². The summed E-state index contributed by atoms with van der Waals surface area (Å²) < 4.78 is 11.3. The number of esters is 1. The zero-order chi connectivity index (χ0) is 17.8. The Bertz CT molecular complexity index is 905. The van der Waals surface area contributed by atoms with Gasteiger partial charge in [0.2, 0.25) is 5.82 Å². The maximum absolute atomic E-state index is 12.0. The van der Waals surface area contributed by atoms with Gasteiger partial charge in [0.15, 0.2) is 6.61 Å². The SMILES string of the molecule is Cc1ccc(CC(=O)OCc2nc(-c3cccc(Br)c3)no2)cc1C. The van der Waals surface area contributed by atoms with Crippen molar-refractivity contribution < 1.29 is 14.1 Å². The van der Waals surface area contributed by atoms with E-state index in [1.165, 1.54) is 5.56 Å². The molecule has 0 atom stereocenters. The predicted octanol–water partition coefficient (Wildman–Crippen LogP) is 4.40. The van der Waals surface area contributed by atoms with E-state index in [1.807, 2.05) is 56.3 Å². The first-order valence-electron chi connectivity index (χ1n) is 7.81. The van der Waals surface area contributed by atoms with Crippen molar-refractivity contribution in [2.75, 3.05) is 0 Å². The summed E-state index contributed by atoms with van der Waals surface area (Å²) in [4.78, 5) is 16.2. The molecule has 3 rings (SSSR count). The molecule has 0 aliphatic rings. The molecule has 0 aliphatic heterocycles. The first-order valence-corrected chi connectivity index (χ1v) is 8.61. The number of carbonyl (C=O) groups is 1. The van der Waals surface area contributed by atoms with Crippen LogP contribution in [0.15, 0.2) is 51.5 Å². The fraction of sp³-hybridized carbons (Fsp3) is 0.211. The first kappa shape index (κ1) is 17.4. The Morgan fingerprint density at radius 1 is 1.16 bits per heavy atom. The van der Waals surface area contributed by atoms with Crippen molar-refractivity contribution in [1.82, 2.24) is 10.1 Å². The van der Waals surface area contributed by atoms with Crippen LogP contribution in [0.1, 0.15) is 22.6 Å². The second-order valence-electron chi connectivity index (χ2n) is 5.78. The van der Waals surface area contributed by atoms with Gasteiger partial charge in [-0.3, -0.25) is 4.79 Å². The zero-order valence-corrected chi connectivity index (χ0v) is 15.5. The molecule has 2 aromatic carbocycles. The summed E-state index contributed by atoms with van der Waals surface area (Å²) in [6.07, 6.45) is 0.216. The quantitative estimate of drug-likeness (QED) is 0.593. The van der Waals surface area contributed by atoms with Gasteiger partial charge in [-0.2, -0.15) is 4.98 Å². The Kier molecular flexibility index (Phi) is 5.28. The lowest BCUT2D eigenvalue weighted by atomic mass is 10.0. The summed E-state index contributed by atoms with van der Waals surface area (Å²) in [5.41, 5.74) is 4.10. The average molecular weight is 401 g/mol. The highest BCUT2D eigenvalue weighted by molar-refractivity contribution is 9.10. The molecular weight excluding hydrogens is 384 g/mol. The van der Waals surface area contributed by atoms with E-state index in [0.29, 0.717) is 5.82 Å². The largest absolute Gasteiger partial charge is 0.455 e. The number of hydrogen-bond acceptors (Lipinski definition) is 5. The minimum absolute atomic E-state index is 0.0370. The van der Waals surface area contributed by atoms with E-state index in [-0.39, 0.29) is 24.9 Å². The lowest BCUT2D eigenvalue weighted by Gasteiger charge is -2.05. The van der Waals surface area contributed by atoms with Gasteiger partial charge in [-0.25, -0.2) is 0 Å². The van der Waals surface area contributed by atoms with E-state index in [4.69, 9.17) is 9.26 Å². The van der Waals surface area contributed by atoms with E-state index >= 15 is 0 Å². The standard InChI is InChI=1S/C19H17BrN2O3/c1-12-6-7-14(8-13(12)2)9-18(23)24-11-17-21-19(22-25-17)15-4-3-5-16(20)10-15/h3-8,10H,9,11H2,1-2H3. The molecule has 0 saturated carbocycles. The van der Waals surface area contributed by atoms with Crippen molar-refractivity contribution >= 4 is 21.9 Å². The van der Waals surface area contributed by atoms with E-state index in [9.17, 15) is 4.79 Å². The molecule has 0 N–H and O–H groups in total. The number of aromatic nitrogens is 2. The van der Waals surface area contributed by atoms with Gasteiger partial charge in [0.05, 0.1) is 6.42 Å². The molecule has 1 heterocycles. The van der Waals surface area contributed by atoms with E-state index in [0.717, 1.165) is 21.2 Å². The van der Waals surface area contributed by atoms with Crippen LogP contribution in [-0.2, 0) is 22.6 Å². The first-order chi connectivity index (χ1) is 12.0. The highest BCUT2D eigenvalue weighted by atomic mass is 79.9. The molecule has 6 heteroatoms. The molecule has 0 saturated heterocycles. The maximum atomic E-state index is 12.0. The van der Waals surface area contributed by atoms with Gasteiger partial charge in [0, 0.05) is 10.0 Å². The Labute approximate surface area is 154 Å². The Morgan fingerprint density at radius 2 is 2.00 bits per heavy atom. The Morgan fingerprint density at radius 3 is 2.76 bits per heavy atom. The number of carbonyl (C=O) groups excluding carboxylic acids is 1. The van der Waals surface area contributed by atoms with Gasteiger partial charge < -0.3 is 9.26 Å². The third kappa shape index (κ3) is 4.54. The fourth-order valence-corrected chi connectivity index (χ4v) is 2.73. The topological polar surface area (TPSA) is 65.2 Å². The minimum Gasteiger partial charge on any atom is -0.455 e. The van der Waals surface area contributed by atoms with Crippen molar-refractivity contribution in [3.63, 3.8) is 0 Å². The number of aryl methyl sites for hydroxylation is 2. The third-order valence-electron chi connectivity index (χ3n) is 3.83. The van der Waals surface area contributed by atoms with Gasteiger partial charge in [-0.15, -0.1) is 0 Å². The lowest BCUT2D eigenvalue weighted by molar-refractivity contribution is -0.144. The van der Waals surface area contributed by atoms with E-state index < -0.39 is 0 Å². The molecule has 1 aromatic heterocycles. The van der Waals surface area contributed by atoms with Crippen LogP contribution < -0.4 is 0 Å². The van der Waals surface area contributed by atoms with Gasteiger partial charge in [-0.05, 0) is 42.7 Å².